The van der Waals surface area contributed by atoms with Gasteiger partial charge in [-0.2, -0.15) is 5.10 Å². The first-order valence-electron chi connectivity index (χ1n) is 10.7. The molecule has 0 amide bonds. The lowest BCUT2D eigenvalue weighted by molar-refractivity contribution is 0.475. The third-order valence-electron chi connectivity index (χ3n) is 5.78. The van der Waals surface area contributed by atoms with Gasteiger partial charge in [-0.25, -0.2) is 19.6 Å². The van der Waals surface area contributed by atoms with Crippen molar-refractivity contribution in [1.82, 2.24) is 29.3 Å². The van der Waals surface area contributed by atoms with Crippen LogP contribution < -0.4 is 5.56 Å². The van der Waals surface area contributed by atoms with Crippen molar-refractivity contribution >= 4 is 44.2 Å². The predicted octanol–water partition coefficient (Wildman–Crippen LogP) is 4.97. The van der Waals surface area contributed by atoms with E-state index in [-0.39, 0.29) is 17.9 Å². The smallest absolute Gasteiger partial charge is 0.267 e. The molecule has 0 aliphatic rings. The third-order valence-corrected chi connectivity index (χ3v) is 7.09. The van der Waals surface area contributed by atoms with Crippen LogP contribution in [0.2, 0.25) is 5.02 Å². The number of phenols is 1. The molecule has 0 bridgehead atoms. The molecule has 8 nitrogen and oxygen atoms in total. The maximum Gasteiger partial charge on any atom is 0.267 e. The van der Waals surface area contributed by atoms with E-state index in [0.29, 0.717) is 38.1 Å². The number of thiophene rings is 1. The van der Waals surface area contributed by atoms with Crippen LogP contribution in [0.1, 0.15) is 11.4 Å². The first-order valence-corrected chi connectivity index (χ1v) is 12.0. The molecule has 0 spiro atoms. The van der Waals surface area contributed by atoms with Crippen molar-refractivity contribution in [3.05, 3.63) is 93.2 Å². The Hall–Kier alpha value is -4.08. The zero-order chi connectivity index (χ0) is 24.1. The molecule has 4 aromatic heterocycles. The highest BCUT2D eigenvalue weighted by atomic mass is 35.5. The largest absolute Gasteiger partial charge is 0.508 e. The molecule has 172 valence electrons. The monoisotopic (exact) mass is 500 g/mol. The maximum absolute atomic E-state index is 13.7. The standard InChI is InChI=1S/C25H17ClN6O2S/c1-14-12-35-24-21(14)25(34)32(19-8-3-2-7-18(19)26)20(29-24)11-31-23-17(10-27-13-28-23)22(30-31)15-5-4-6-16(33)9-15/h2-10,12-13,33H,11H2,1H3. The molecule has 6 rings (SSSR count). The Bertz CT molecular complexity index is 1810. The molecule has 0 unspecified atom stereocenters. The number of phenolic OH excluding ortho intramolecular Hbond substituents is 1. The van der Waals surface area contributed by atoms with E-state index in [1.165, 1.54) is 17.7 Å². The zero-order valence-electron chi connectivity index (χ0n) is 18.4. The Morgan fingerprint density at radius 2 is 2.00 bits per heavy atom. The molecule has 0 atom stereocenters. The number of fused-ring (bicyclic) bond motifs is 2. The minimum Gasteiger partial charge on any atom is -0.508 e. The summed E-state index contributed by atoms with van der Waals surface area (Å²) in [5, 5.41) is 18.4. The van der Waals surface area contributed by atoms with Crippen LogP contribution in [0.15, 0.2) is 71.2 Å². The van der Waals surface area contributed by atoms with Gasteiger partial charge in [-0.15, -0.1) is 11.3 Å². The van der Waals surface area contributed by atoms with E-state index in [1.807, 2.05) is 30.5 Å². The van der Waals surface area contributed by atoms with Gasteiger partial charge in [0, 0.05) is 11.8 Å². The number of halogens is 1. The van der Waals surface area contributed by atoms with Crippen molar-refractivity contribution in [2.45, 2.75) is 13.5 Å². The van der Waals surface area contributed by atoms with E-state index in [1.54, 1.807) is 45.8 Å². The van der Waals surface area contributed by atoms with Crippen molar-refractivity contribution in [3.8, 4) is 22.7 Å². The van der Waals surface area contributed by atoms with Crippen LogP contribution in [0.4, 0.5) is 0 Å². The molecule has 0 aliphatic carbocycles. The molecule has 0 saturated heterocycles. The number of aromatic hydroxyl groups is 1. The van der Waals surface area contributed by atoms with E-state index in [4.69, 9.17) is 21.7 Å². The minimum absolute atomic E-state index is 0.134. The molecular formula is C25H17ClN6O2S. The van der Waals surface area contributed by atoms with Gasteiger partial charge in [0.25, 0.3) is 5.56 Å². The van der Waals surface area contributed by atoms with Gasteiger partial charge in [-0.1, -0.05) is 35.9 Å². The normalized spacial score (nSPS) is 11.5. The lowest BCUT2D eigenvalue weighted by Gasteiger charge is -2.14. The highest BCUT2D eigenvalue weighted by Gasteiger charge is 2.20. The molecule has 35 heavy (non-hydrogen) atoms. The molecule has 0 saturated carbocycles. The third kappa shape index (κ3) is 3.56. The number of rotatable bonds is 4. The number of benzene rings is 2. The van der Waals surface area contributed by atoms with Crippen molar-refractivity contribution in [2.24, 2.45) is 0 Å². The van der Waals surface area contributed by atoms with E-state index >= 15 is 0 Å². The second kappa shape index (κ2) is 8.30. The molecule has 6 aromatic rings. The van der Waals surface area contributed by atoms with Crippen molar-refractivity contribution in [1.29, 1.82) is 0 Å². The Kier molecular flexibility index (Phi) is 5.09. The SMILES string of the molecule is Cc1csc2nc(Cn3nc(-c4cccc(O)c4)c4cncnc43)n(-c3ccccc3Cl)c(=O)c12. The molecule has 4 heterocycles. The summed E-state index contributed by atoms with van der Waals surface area (Å²) in [4.78, 5) is 27.8. The van der Waals surface area contributed by atoms with Crippen molar-refractivity contribution in [3.63, 3.8) is 0 Å². The second-order valence-electron chi connectivity index (χ2n) is 8.04. The Morgan fingerprint density at radius 1 is 1.14 bits per heavy atom. The van der Waals surface area contributed by atoms with E-state index < -0.39 is 0 Å². The van der Waals surface area contributed by atoms with Crippen molar-refractivity contribution in [2.75, 3.05) is 0 Å². The fourth-order valence-corrected chi connectivity index (χ4v) is 5.34. The van der Waals surface area contributed by atoms with Gasteiger partial charge in [-0.05, 0) is 42.1 Å². The van der Waals surface area contributed by atoms with Gasteiger partial charge in [0.15, 0.2) is 5.65 Å². The Labute approximate surface area is 207 Å². The summed E-state index contributed by atoms with van der Waals surface area (Å²) < 4.78 is 3.24. The Balaban J connectivity index is 1.59. The minimum atomic E-state index is -0.184. The molecule has 0 radical (unpaired) electrons. The molecule has 2 aromatic carbocycles. The highest BCUT2D eigenvalue weighted by molar-refractivity contribution is 7.16. The molecule has 10 heteroatoms. The second-order valence-corrected chi connectivity index (χ2v) is 9.30. The van der Waals surface area contributed by atoms with E-state index in [2.05, 4.69) is 9.97 Å². The first-order chi connectivity index (χ1) is 17.0. The molecule has 0 fully saturated rings. The van der Waals surface area contributed by atoms with Crippen LogP contribution in [-0.2, 0) is 6.54 Å². The van der Waals surface area contributed by atoms with Gasteiger partial charge >= 0.3 is 0 Å². The van der Waals surface area contributed by atoms with Gasteiger partial charge in [0.1, 0.15) is 35.0 Å². The van der Waals surface area contributed by atoms with Crippen molar-refractivity contribution < 1.29 is 5.11 Å². The number of hydrogen-bond donors (Lipinski definition) is 1. The van der Waals surface area contributed by atoms with Crippen LogP contribution in [0.3, 0.4) is 0 Å². The van der Waals surface area contributed by atoms with Crippen LogP contribution in [-0.4, -0.2) is 34.4 Å². The van der Waals surface area contributed by atoms with Crippen LogP contribution in [0.25, 0.3) is 38.2 Å². The van der Waals surface area contributed by atoms with Gasteiger partial charge in [0.2, 0.25) is 0 Å². The van der Waals surface area contributed by atoms with Crippen LogP contribution in [0, 0.1) is 6.92 Å². The quantitative estimate of drug-likeness (QED) is 0.367. The molecule has 0 aliphatic heterocycles. The topological polar surface area (TPSA) is 98.7 Å². The molecule has 1 N–H and O–H groups in total. The fraction of sp³-hybridized carbons (Fsp3) is 0.0800. The van der Waals surface area contributed by atoms with E-state index in [9.17, 15) is 9.90 Å². The summed E-state index contributed by atoms with van der Waals surface area (Å²) in [6.07, 6.45) is 3.14. The number of hydrogen-bond acceptors (Lipinski definition) is 7. The van der Waals surface area contributed by atoms with E-state index in [0.717, 1.165) is 16.5 Å². The number of para-hydroxylation sites is 1. The number of aryl methyl sites for hydroxylation is 1. The van der Waals surface area contributed by atoms with Gasteiger partial charge in [0.05, 0.1) is 21.5 Å². The number of nitrogens with zero attached hydrogens (tertiary/aromatic N) is 6. The van der Waals surface area contributed by atoms with Crippen LogP contribution >= 0.6 is 22.9 Å². The number of aromatic nitrogens is 6. The summed E-state index contributed by atoms with van der Waals surface area (Å²) in [6.45, 7) is 2.07. The summed E-state index contributed by atoms with van der Waals surface area (Å²) >= 11 is 7.94. The maximum atomic E-state index is 13.7. The lowest BCUT2D eigenvalue weighted by atomic mass is 10.1. The Morgan fingerprint density at radius 3 is 2.83 bits per heavy atom. The summed E-state index contributed by atoms with van der Waals surface area (Å²) in [5.41, 5.74) is 3.17. The predicted molar refractivity (Wildman–Crippen MR) is 136 cm³/mol. The van der Waals surface area contributed by atoms with Gasteiger partial charge in [-0.3, -0.25) is 9.36 Å². The average molecular weight is 501 g/mol. The average Bonchev–Trinajstić information content (AvgIpc) is 3.41. The summed E-state index contributed by atoms with van der Waals surface area (Å²) in [7, 11) is 0. The van der Waals surface area contributed by atoms with Crippen LogP contribution in [0.5, 0.6) is 5.75 Å². The first kappa shape index (κ1) is 21.5. The molecular weight excluding hydrogens is 484 g/mol. The zero-order valence-corrected chi connectivity index (χ0v) is 20.0. The van der Waals surface area contributed by atoms with Gasteiger partial charge < -0.3 is 5.11 Å². The summed E-state index contributed by atoms with van der Waals surface area (Å²) in [6, 6.07) is 14.0. The highest BCUT2D eigenvalue weighted by Crippen LogP contribution is 2.30. The fourth-order valence-electron chi connectivity index (χ4n) is 4.19. The lowest BCUT2D eigenvalue weighted by Crippen LogP contribution is -2.25. The summed E-state index contributed by atoms with van der Waals surface area (Å²) in [5.74, 6) is 0.609.